The second kappa shape index (κ2) is 4.39. The van der Waals surface area contributed by atoms with Crippen molar-refractivity contribution in [3.8, 4) is 17.0 Å². The standard InChI is InChI=1S/C13H16N2O/c1-4-10-6-5-7-11(13(10)16-3)12-8-9-15(2)14-12/h5-9H,4H2,1-3H3. The third-order valence-corrected chi connectivity index (χ3v) is 2.67. The molecule has 16 heavy (non-hydrogen) atoms. The summed E-state index contributed by atoms with van der Waals surface area (Å²) in [6.45, 7) is 2.13. The minimum atomic E-state index is 0.934. The Hall–Kier alpha value is -1.77. The molecule has 2 aromatic rings. The number of methoxy groups -OCH3 is 1. The van der Waals surface area contributed by atoms with Gasteiger partial charge in [0.1, 0.15) is 5.75 Å². The molecule has 0 spiro atoms. The molecule has 0 amide bonds. The fraction of sp³-hybridized carbons (Fsp3) is 0.308. The molecule has 1 aromatic carbocycles. The molecule has 84 valence electrons. The van der Waals surface area contributed by atoms with Crippen LogP contribution < -0.4 is 4.74 Å². The molecule has 0 aliphatic heterocycles. The maximum atomic E-state index is 5.48. The van der Waals surface area contributed by atoms with Crippen molar-refractivity contribution >= 4 is 0 Å². The van der Waals surface area contributed by atoms with Crippen LogP contribution in [0.15, 0.2) is 30.5 Å². The van der Waals surface area contributed by atoms with Gasteiger partial charge in [-0.15, -0.1) is 0 Å². The van der Waals surface area contributed by atoms with Crippen LogP contribution in [0.1, 0.15) is 12.5 Å². The number of nitrogens with zero attached hydrogens (tertiary/aromatic N) is 2. The minimum Gasteiger partial charge on any atom is -0.496 e. The van der Waals surface area contributed by atoms with Crippen LogP contribution in [0.3, 0.4) is 0 Å². The van der Waals surface area contributed by atoms with E-state index in [-0.39, 0.29) is 0 Å². The molecular weight excluding hydrogens is 200 g/mol. The summed E-state index contributed by atoms with van der Waals surface area (Å²) in [6, 6.07) is 8.17. The molecule has 1 heterocycles. The monoisotopic (exact) mass is 216 g/mol. The molecule has 0 N–H and O–H groups in total. The lowest BCUT2D eigenvalue weighted by atomic mass is 10.0. The first-order chi connectivity index (χ1) is 7.76. The molecule has 0 unspecified atom stereocenters. The number of aryl methyl sites for hydroxylation is 2. The summed E-state index contributed by atoms with van der Waals surface area (Å²) >= 11 is 0. The first kappa shape index (κ1) is 10.7. The van der Waals surface area contributed by atoms with E-state index in [1.54, 1.807) is 11.8 Å². The zero-order valence-corrected chi connectivity index (χ0v) is 9.90. The van der Waals surface area contributed by atoms with Crippen molar-refractivity contribution in [2.45, 2.75) is 13.3 Å². The van der Waals surface area contributed by atoms with E-state index in [9.17, 15) is 0 Å². The van der Waals surface area contributed by atoms with Crippen LogP contribution in [-0.2, 0) is 13.5 Å². The van der Waals surface area contributed by atoms with Gasteiger partial charge in [-0.05, 0) is 24.1 Å². The van der Waals surface area contributed by atoms with Crippen LogP contribution in [0.5, 0.6) is 5.75 Å². The summed E-state index contributed by atoms with van der Waals surface area (Å²) in [5.74, 6) is 0.934. The number of hydrogen-bond donors (Lipinski definition) is 0. The van der Waals surface area contributed by atoms with Crippen molar-refractivity contribution in [1.29, 1.82) is 0 Å². The zero-order valence-electron chi connectivity index (χ0n) is 9.90. The SMILES string of the molecule is CCc1cccc(-c2ccn(C)n2)c1OC. The van der Waals surface area contributed by atoms with Crippen molar-refractivity contribution in [1.82, 2.24) is 9.78 Å². The lowest BCUT2D eigenvalue weighted by molar-refractivity contribution is 0.411. The van der Waals surface area contributed by atoms with Gasteiger partial charge in [0.05, 0.1) is 12.8 Å². The van der Waals surface area contributed by atoms with Gasteiger partial charge in [0.2, 0.25) is 0 Å². The van der Waals surface area contributed by atoms with E-state index in [1.807, 2.05) is 31.4 Å². The predicted octanol–water partition coefficient (Wildman–Crippen LogP) is 2.66. The molecule has 0 aliphatic carbocycles. The molecule has 3 nitrogen and oxygen atoms in total. The maximum absolute atomic E-state index is 5.48. The number of benzene rings is 1. The Labute approximate surface area is 95.7 Å². The van der Waals surface area contributed by atoms with E-state index >= 15 is 0 Å². The Kier molecular flexibility index (Phi) is 2.95. The minimum absolute atomic E-state index is 0.934. The largest absolute Gasteiger partial charge is 0.496 e. The highest BCUT2D eigenvalue weighted by molar-refractivity contribution is 5.69. The van der Waals surface area contributed by atoms with E-state index in [1.165, 1.54) is 5.56 Å². The average molecular weight is 216 g/mol. The van der Waals surface area contributed by atoms with Gasteiger partial charge in [-0.1, -0.05) is 19.1 Å². The number of ether oxygens (including phenoxy) is 1. The number of para-hydroxylation sites is 1. The molecule has 3 heteroatoms. The summed E-state index contributed by atoms with van der Waals surface area (Å²) in [5, 5.41) is 4.40. The van der Waals surface area contributed by atoms with E-state index in [0.717, 1.165) is 23.4 Å². The quantitative estimate of drug-likeness (QED) is 0.788. The number of aromatic nitrogens is 2. The van der Waals surface area contributed by atoms with Crippen molar-refractivity contribution in [2.75, 3.05) is 7.11 Å². The van der Waals surface area contributed by atoms with Crippen molar-refractivity contribution in [3.63, 3.8) is 0 Å². The van der Waals surface area contributed by atoms with Crippen LogP contribution in [0, 0.1) is 0 Å². The second-order valence-electron chi connectivity index (χ2n) is 3.73. The second-order valence-corrected chi connectivity index (χ2v) is 3.73. The predicted molar refractivity (Wildman–Crippen MR) is 64.6 cm³/mol. The molecule has 0 bridgehead atoms. The van der Waals surface area contributed by atoms with E-state index in [4.69, 9.17) is 4.74 Å². The van der Waals surface area contributed by atoms with E-state index in [2.05, 4.69) is 18.1 Å². The van der Waals surface area contributed by atoms with Gasteiger partial charge in [0.25, 0.3) is 0 Å². The fourth-order valence-corrected chi connectivity index (χ4v) is 1.86. The Bertz CT molecular complexity index is 488. The molecule has 0 aliphatic rings. The van der Waals surface area contributed by atoms with Crippen LogP contribution in [0.2, 0.25) is 0 Å². The number of rotatable bonds is 3. The molecule has 0 fully saturated rings. The van der Waals surface area contributed by atoms with Crippen LogP contribution in [-0.4, -0.2) is 16.9 Å². The first-order valence-electron chi connectivity index (χ1n) is 5.42. The summed E-state index contributed by atoms with van der Waals surface area (Å²) in [5.41, 5.74) is 3.22. The molecule has 0 saturated carbocycles. The molecule has 0 saturated heterocycles. The Morgan fingerprint density at radius 3 is 2.69 bits per heavy atom. The van der Waals surface area contributed by atoms with Gasteiger partial charge in [-0.3, -0.25) is 4.68 Å². The summed E-state index contributed by atoms with van der Waals surface area (Å²) in [7, 11) is 3.63. The molecule has 1 aromatic heterocycles. The van der Waals surface area contributed by atoms with Crippen molar-refractivity contribution < 1.29 is 4.74 Å². The van der Waals surface area contributed by atoms with Gasteiger partial charge < -0.3 is 4.74 Å². The Morgan fingerprint density at radius 2 is 2.12 bits per heavy atom. The highest BCUT2D eigenvalue weighted by atomic mass is 16.5. The molecule has 2 rings (SSSR count). The van der Waals surface area contributed by atoms with Gasteiger partial charge in [-0.25, -0.2) is 0 Å². The fourth-order valence-electron chi connectivity index (χ4n) is 1.86. The van der Waals surface area contributed by atoms with Gasteiger partial charge in [-0.2, -0.15) is 5.10 Å². The van der Waals surface area contributed by atoms with Crippen molar-refractivity contribution in [2.24, 2.45) is 7.05 Å². The lowest BCUT2D eigenvalue weighted by Crippen LogP contribution is -1.95. The maximum Gasteiger partial charge on any atom is 0.131 e. The topological polar surface area (TPSA) is 27.1 Å². The third kappa shape index (κ3) is 1.81. The molecular formula is C13H16N2O. The third-order valence-electron chi connectivity index (χ3n) is 2.67. The first-order valence-corrected chi connectivity index (χ1v) is 5.42. The lowest BCUT2D eigenvalue weighted by Gasteiger charge is -2.10. The molecule has 0 radical (unpaired) electrons. The van der Waals surface area contributed by atoms with Gasteiger partial charge in [0.15, 0.2) is 0 Å². The average Bonchev–Trinajstić information content (AvgIpc) is 2.74. The van der Waals surface area contributed by atoms with Crippen LogP contribution in [0.4, 0.5) is 0 Å². The summed E-state index contributed by atoms with van der Waals surface area (Å²) in [4.78, 5) is 0. The van der Waals surface area contributed by atoms with Crippen molar-refractivity contribution in [3.05, 3.63) is 36.0 Å². The van der Waals surface area contributed by atoms with Gasteiger partial charge in [0, 0.05) is 18.8 Å². The molecule has 0 atom stereocenters. The number of hydrogen-bond acceptors (Lipinski definition) is 2. The Morgan fingerprint density at radius 1 is 1.31 bits per heavy atom. The van der Waals surface area contributed by atoms with E-state index < -0.39 is 0 Å². The Balaban J connectivity index is 2.56. The highest BCUT2D eigenvalue weighted by Gasteiger charge is 2.11. The summed E-state index contributed by atoms with van der Waals surface area (Å²) < 4.78 is 7.28. The summed E-state index contributed by atoms with van der Waals surface area (Å²) in [6.07, 6.45) is 2.90. The highest BCUT2D eigenvalue weighted by Crippen LogP contribution is 2.32. The van der Waals surface area contributed by atoms with Crippen LogP contribution in [0.25, 0.3) is 11.3 Å². The van der Waals surface area contributed by atoms with E-state index in [0.29, 0.717) is 0 Å². The van der Waals surface area contributed by atoms with Gasteiger partial charge >= 0.3 is 0 Å². The normalized spacial score (nSPS) is 10.4. The zero-order chi connectivity index (χ0) is 11.5. The van der Waals surface area contributed by atoms with Crippen LogP contribution >= 0.6 is 0 Å². The smallest absolute Gasteiger partial charge is 0.131 e.